The van der Waals surface area contributed by atoms with Crippen molar-refractivity contribution in [3.05, 3.63) is 64.0 Å². The maximum Gasteiger partial charge on any atom is 0.348 e. The van der Waals surface area contributed by atoms with Crippen LogP contribution in [-0.4, -0.2) is 5.11 Å². The Hall–Kier alpha value is -2.26. The van der Waals surface area contributed by atoms with Gasteiger partial charge in [-0.25, -0.2) is 4.79 Å². The van der Waals surface area contributed by atoms with Crippen LogP contribution in [0, 0.1) is 0 Å². The van der Waals surface area contributed by atoms with Gasteiger partial charge in [0, 0.05) is 10.6 Å². The van der Waals surface area contributed by atoms with Crippen LogP contribution in [0.5, 0.6) is 5.75 Å². The molecule has 0 aliphatic heterocycles. The highest BCUT2D eigenvalue weighted by molar-refractivity contribution is 6.33. The van der Waals surface area contributed by atoms with Gasteiger partial charge >= 0.3 is 5.63 Å². The van der Waals surface area contributed by atoms with Crippen LogP contribution in [0.25, 0.3) is 22.1 Å². The molecule has 0 radical (unpaired) electrons. The molecule has 0 aliphatic rings. The van der Waals surface area contributed by atoms with Crippen LogP contribution in [0.2, 0.25) is 5.02 Å². The van der Waals surface area contributed by atoms with E-state index in [1.54, 1.807) is 48.5 Å². The zero-order valence-corrected chi connectivity index (χ0v) is 10.5. The molecule has 3 rings (SSSR count). The molecule has 0 aliphatic carbocycles. The second-order valence-electron chi connectivity index (χ2n) is 4.09. The molecule has 94 valence electrons. The minimum atomic E-state index is -0.607. The van der Waals surface area contributed by atoms with Crippen molar-refractivity contribution >= 4 is 22.6 Å². The Bertz CT molecular complexity index is 821. The van der Waals surface area contributed by atoms with E-state index in [4.69, 9.17) is 16.0 Å². The Morgan fingerprint density at radius 1 is 1.00 bits per heavy atom. The van der Waals surface area contributed by atoms with Gasteiger partial charge in [0.15, 0.2) is 0 Å². The Morgan fingerprint density at radius 3 is 2.47 bits per heavy atom. The maximum absolute atomic E-state index is 12.0. The van der Waals surface area contributed by atoms with Crippen molar-refractivity contribution in [2.75, 3.05) is 0 Å². The fourth-order valence-electron chi connectivity index (χ4n) is 2.03. The Morgan fingerprint density at radius 2 is 1.68 bits per heavy atom. The third-order valence-electron chi connectivity index (χ3n) is 2.93. The van der Waals surface area contributed by atoms with Gasteiger partial charge in [-0.15, -0.1) is 0 Å². The summed E-state index contributed by atoms with van der Waals surface area (Å²) in [6, 6.07) is 13.6. The van der Waals surface area contributed by atoms with E-state index in [9.17, 15) is 9.90 Å². The molecule has 19 heavy (non-hydrogen) atoms. The molecule has 4 heteroatoms. The summed E-state index contributed by atoms with van der Waals surface area (Å²) in [5, 5.41) is 11.2. The van der Waals surface area contributed by atoms with E-state index in [-0.39, 0.29) is 11.3 Å². The van der Waals surface area contributed by atoms with E-state index in [0.29, 0.717) is 21.6 Å². The predicted molar refractivity (Wildman–Crippen MR) is 74.6 cm³/mol. The van der Waals surface area contributed by atoms with Crippen LogP contribution in [0.3, 0.4) is 0 Å². The molecule has 3 nitrogen and oxygen atoms in total. The topological polar surface area (TPSA) is 50.4 Å². The summed E-state index contributed by atoms with van der Waals surface area (Å²) in [5.74, 6) is -0.111. The molecule has 0 saturated carbocycles. The number of fused-ring (bicyclic) bond motifs is 1. The van der Waals surface area contributed by atoms with Gasteiger partial charge < -0.3 is 9.52 Å². The molecule has 0 bridgehead atoms. The SMILES string of the molecule is O=c1oc2ccccc2c(O)c1-c1ccccc1Cl. The van der Waals surface area contributed by atoms with Crippen molar-refractivity contribution in [3.63, 3.8) is 0 Å². The van der Waals surface area contributed by atoms with Gasteiger partial charge in [-0.2, -0.15) is 0 Å². The number of rotatable bonds is 1. The quantitative estimate of drug-likeness (QED) is 0.685. The largest absolute Gasteiger partial charge is 0.506 e. The third kappa shape index (κ3) is 1.88. The maximum atomic E-state index is 12.0. The van der Waals surface area contributed by atoms with Crippen LogP contribution in [-0.2, 0) is 0 Å². The summed E-state index contributed by atoms with van der Waals surface area (Å²) in [7, 11) is 0. The average Bonchev–Trinajstić information content (AvgIpc) is 2.41. The van der Waals surface area contributed by atoms with Crippen LogP contribution in [0.4, 0.5) is 0 Å². The average molecular weight is 273 g/mol. The monoisotopic (exact) mass is 272 g/mol. The highest BCUT2D eigenvalue weighted by Gasteiger charge is 2.17. The van der Waals surface area contributed by atoms with Gasteiger partial charge in [0.25, 0.3) is 0 Å². The first kappa shape index (κ1) is 11.8. The lowest BCUT2D eigenvalue weighted by Crippen LogP contribution is -2.03. The van der Waals surface area contributed by atoms with E-state index in [1.807, 2.05) is 0 Å². The molecule has 0 saturated heterocycles. The lowest BCUT2D eigenvalue weighted by molar-refractivity contribution is 0.471. The van der Waals surface area contributed by atoms with Crippen LogP contribution < -0.4 is 5.63 Å². The second kappa shape index (κ2) is 4.44. The summed E-state index contributed by atoms with van der Waals surface area (Å²) >= 11 is 6.06. The van der Waals surface area contributed by atoms with Crippen molar-refractivity contribution in [3.8, 4) is 16.9 Å². The molecular formula is C15H9ClO3. The van der Waals surface area contributed by atoms with Crippen molar-refractivity contribution in [1.29, 1.82) is 0 Å². The summed E-state index contributed by atoms with van der Waals surface area (Å²) in [6.45, 7) is 0. The number of para-hydroxylation sites is 1. The smallest absolute Gasteiger partial charge is 0.348 e. The van der Waals surface area contributed by atoms with Gasteiger partial charge in [-0.05, 0) is 18.2 Å². The van der Waals surface area contributed by atoms with Crippen molar-refractivity contribution in [2.45, 2.75) is 0 Å². The van der Waals surface area contributed by atoms with E-state index < -0.39 is 5.63 Å². The number of benzene rings is 2. The lowest BCUT2D eigenvalue weighted by atomic mass is 10.0. The molecule has 2 aromatic carbocycles. The number of halogens is 1. The van der Waals surface area contributed by atoms with Crippen LogP contribution in [0.1, 0.15) is 0 Å². The molecule has 1 aromatic heterocycles. The van der Waals surface area contributed by atoms with E-state index in [2.05, 4.69) is 0 Å². The molecule has 0 unspecified atom stereocenters. The van der Waals surface area contributed by atoms with Crippen molar-refractivity contribution in [1.82, 2.24) is 0 Å². The Balaban J connectivity index is 2.43. The molecule has 0 amide bonds. The highest BCUT2D eigenvalue weighted by atomic mass is 35.5. The zero-order valence-electron chi connectivity index (χ0n) is 9.76. The van der Waals surface area contributed by atoms with Gasteiger partial charge in [0.2, 0.25) is 0 Å². The van der Waals surface area contributed by atoms with Gasteiger partial charge in [-0.1, -0.05) is 41.9 Å². The minimum absolute atomic E-state index is 0.0873. The highest BCUT2D eigenvalue weighted by Crippen LogP contribution is 2.35. The fourth-order valence-corrected chi connectivity index (χ4v) is 2.27. The fraction of sp³-hybridized carbons (Fsp3) is 0. The van der Waals surface area contributed by atoms with E-state index in [1.165, 1.54) is 0 Å². The minimum Gasteiger partial charge on any atom is -0.506 e. The first-order valence-corrected chi connectivity index (χ1v) is 6.06. The van der Waals surface area contributed by atoms with Crippen molar-refractivity contribution in [2.24, 2.45) is 0 Å². The third-order valence-corrected chi connectivity index (χ3v) is 3.26. The molecule has 1 N–H and O–H groups in total. The summed E-state index contributed by atoms with van der Waals surface area (Å²) in [5.41, 5.74) is 0.288. The van der Waals surface area contributed by atoms with Crippen LogP contribution in [0.15, 0.2) is 57.7 Å². The van der Waals surface area contributed by atoms with E-state index in [0.717, 1.165) is 0 Å². The first-order valence-electron chi connectivity index (χ1n) is 5.68. The van der Waals surface area contributed by atoms with Gasteiger partial charge in [0.05, 0.1) is 5.39 Å². The molecular weight excluding hydrogens is 264 g/mol. The zero-order chi connectivity index (χ0) is 13.4. The Kier molecular flexibility index (Phi) is 2.76. The first-order chi connectivity index (χ1) is 9.18. The number of hydrogen-bond acceptors (Lipinski definition) is 3. The predicted octanol–water partition coefficient (Wildman–Crippen LogP) is 3.82. The van der Waals surface area contributed by atoms with Crippen molar-refractivity contribution < 1.29 is 9.52 Å². The molecule has 0 atom stereocenters. The Labute approximate surface area is 113 Å². The lowest BCUT2D eigenvalue weighted by Gasteiger charge is -2.07. The summed E-state index contributed by atoms with van der Waals surface area (Å²) in [6.07, 6.45) is 0. The molecule has 0 spiro atoms. The molecule has 1 heterocycles. The molecule has 0 fully saturated rings. The summed E-state index contributed by atoms with van der Waals surface area (Å²) in [4.78, 5) is 12.0. The van der Waals surface area contributed by atoms with Crippen LogP contribution >= 0.6 is 11.6 Å². The van der Waals surface area contributed by atoms with Gasteiger partial charge in [-0.3, -0.25) is 0 Å². The van der Waals surface area contributed by atoms with E-state index >= 15 is 0 Å². The standard InChI is InChI=1S/C15H9ClO3/c16-11-7-3-1-5-9(11)13-14(17)10-6-2-4-8-12(10)19-15(13)18/h1-8,17H. The normalized spacial score (nSPS) is 10.8. The summed E-state index contributed by atoms with van der Waals surface area (Å²) < 4.78 is 5.21. The van der Waals surface area contributed by atoms with Gasteiger partial charge in [0.1, 0.15) is 16.9 Å². The second-order valence-corrected chi connectivity index (χ2v) is 4.50. The number of aromatic hydroxyl groups is 1. The molecule has 3 aromatic rings. The number of hydrogen-bond donors (Lipinski definition) is 1.